The van der Waals surface area contributed by atoms with E-state index in [4.69, 9.17) is 5.73 Å². The van der Waals surface area contributed by atoms with Gasteiger partial charge in [-0.25, -0.2) is 0 Å². The molecule has 2 aliphatic rings. The lowest BCUT2D eigenvalue weighted by Gasteiger charge is -2.40. The van der Waals surface area contributed by atoms with E-state index in [1.54, 1.807) is 0 Å². The van der Waals surface area contributed by atoms with Gasteiger partial charge in [-0.05, 0) is 48.5 Å². The van der Waals surface area contributed by atoms with E-state index in [1.807, 2.05) is 0 Å². The molecule has 12 heavy (non-hydrogen) atoms. The molecule has 0 atom stereocenters. The quantitative estimate of drug-likeness (QED) is 0.638. The first-order chi connectivity index (χ1) is 5.47. The van der Waals surface area contributed by atoms with Crippen LogP contribution in [0.15, 0.2) is 0 Å². The lowest BCUT2D eigenvalue weighted by molar-refractivity contribution is 0.0918. The van der Waals surface area contributed by atoms with E-state index in [0.717, 1.165) is 6.54 Å². The second-order valence-electron chi connectivity index (χ2n) is 5.67. The smallest absolute Gasteiger partial charge is 0.00152 e. The molecule has 1 heteroatoms. The summed E-state index contributed by atoms with van der Waals surface area (Å²) in [6, 6.07) is 0. The zero-order valence-electron chi connectivity index (χ0n) is 8.61. The summed E-state index contributed by atoms with van der Waals surface area (Å²) in [7, 11) is 0. The van der Waals surface area contributed by atoms with Crippen LogP contribution in [-0.2, 0) is 0 Å². The molecule has 2 rings (SSSR count). The third-order valence-corrected chi connectivity index (χ3v) is 5.54. The van der Waals surface area contributed by atoms with Crippen molar-refractivity contribution in [2.75, 3.05) is 6.54 Å². The Morgan fingerprint density at radius 2 is 1.50 bits per heavy atom. The van der Waals surface area contributed by atoms with Gasteiger partial charge in [-0.3, -0.25) is 0 Å². The Kier molecular flexibility index (Phi) is 1.47. The molecule has 2 N–H and O–H groups in total. The minimum Gasteiger partial charge on any atom is -0.330 e. The standard InChI is InChI=1S/C11H21N/c1-9(2)10(3)4-6-11(9,8-12)7-5-10/h4-8,12H2,1-3H3. The molecular weight excluding hydrogens is 146 g/mol. The van der Waals surface area contributed by atoms with Gasteiger partial charge in [0.2, 0.25) is 0 Å². The van der Waals surface area contributed by atoms with Crippen LogP contribution in [0.4, 0.5) is 0 Å². The zero-order valence-corrected chi connectivity index (χ0v) is 8.61. The summed E-state index contributed by atoms with van der Waals surface area (Å²) in [4.78, 5) is 0. The van der Waals surface area contributed by atoms with Crippen LogP contribution in [-0.4, -0.2) is 6.54 Å². The van der Waals surface area contributed by atoms with Gasteiger partial charge < -0.3 is 5.73 Å². The van der Waals surface area contributed by atoms with Crippen LogP contribution in [0.5, 0.6) is 0 Å². The van der Waals surface area contributed by atoms with Gasteiger partial charge in [0.15, 0.2) is 0 Å². The van der Waals surface area contributed by atoms with Crippen LogP contribution in [0.25, 0.3) is 0 Å². The molecule has 0 radical (unpaired) electrons. The maximum absolute atomic E-state index is 5.94. The SMILES string of the molecule is CC12CCC(CN)(CC1)C2(C)C. The van der Waals surface area contributed by atoms with Gasteiger partial charge in [-0.2, -0.15) is 0 Å². The highest BCUT2D eigenvalue weighted by molar-refractivity contribution is 5.14. The molecule has 0 aromatic heterocycles. The summed E-state index contributed by atoms with van der Waals surface area (Å²) in [5.41, 5.74) is 7.50. The monoisotopic (exact) mass is 167 g/mol. The Labute approximate surface area is 75.7 Å². The molecule has 0 aliphatic heterocycles. The lowest BCUT2D eigenvalue weighted by atomic mass is 9.65. The second kappa shape index (κ2) is 2.06. The average Bonchev–Trinajstić information content (AvgIpc) is 2.34. The van der Waals surface area contributed by atoms with Gasteiger partial charge in [0.05, 0.1) is 0 Å². The summed E-state index contributed by atoms with van der Waals surface area (Å²) >= 11 is 0. The molecule has 1 nitrogen and oxygen atoms in total. The highest BCUT2D eigenvalue weighted by Crippen LogP contribution is 2.71. The van der Waals surface area contributed by atoms with E-state index >= 15 is 0 Å². The van der Waals surface area contributed by atoms with Gasteiger partial charge in [0, 0.05) is 0 Å². The topological polar surface area (TPSA) is 26.0 Å². The molecule has 0 spiro atoms. The summed E-state index contributed by atoms with van der Waals surface area (Å²) in [6.45, 7) is 8.22. The minimum atomic E-state index is 0.481. The molecule has 70 valence electrons. The molecule has 0 aromatic rings. The third kappa shape index (κ3) is 0.654. The van der Waals surface area contributed by atoms with Crippen LogP contribution in [0.1, 0.15) is 46.5 Å². The molecule has 0 heterocycles. The van der Waals surface area contributed by atoms with Crippen molar-refractivity contribution in [2.45, 2.75) is 46.5 Å². The van der Waals surface area contributed by atoms with Crippen molar-refractivity contribution < 1.29 is 0 Å². The Balaban J connectivity index is 2.42. The molecule has 2 saturated carbocycles. The van der Waals surface area contributed by atoms with E-state index in [-0.39, 0.29) is 0 Å². The van der Waals surface area contributed by atoms with Gasteiger partial charge in [-0.15, -0.1) is 0 Å². The molecule has 0 aromatic carbocycles. The summed E-state index contributed by atoms with van der Waals surface area (Å²) in [6.07, 6.45) is 5.54. The van der Waals surface area contributed by atoms with Crippen molar-refractivity contribution >= 4 is 0 Å². The van der Waals surface area contributed by atoms with Crippen LogP contribution < -0.4 is 5.73 Å². The third-order valence-electron chi connectivity index (χ3n) is 5.54. The molecule has 2 aliphatic carbocycles. The van der Waals surface area contributed by atoms with E-state index < -0.39 is 0 Å². The fourth-order valence-electron chi connectivity index (χ4n) is 3.63. The highest BCUT2D eigenvalue weighted by atomic mass is 14.7. The molecule has 0 unspecified atom stereocenters. The van der Waals surface area contributed by atoms with Crippen molar-refractivity contribution in [3.05, 3.63) is 0 Å². The van der Waals surface area contributed by atoms with Gasteiger partial charge in [0.25, 0.3) is 0 Å². The number of nitrogens with two attached hydrogens (primary N) is 1. The Morgan fingerprint density at radius 3 is 1.67 bits per heavy atom. The van der Waals surface area contributed by atoms with Crippen LogP contribution >= 0.6 is 0 Å². The Bertz CT molecular complexity index is 197. The number of hydrogen-bond acceptors (Lipinski definition) is 1. The first kappa shape index (κ1) is 8.55. The van der Waals surface area contributed by atoms with Gasteiger partial charge in [0.1, 0.15) is 0 Å². The van der Waals surface area contributed by atoms with Crippen LogP contribution in [0.2, 0.25) is 0 Å². The number of fused-ring (bicyclic) bond motifs is 2. The fourth-order valence-corrected chi connectivity index (χ4v) is 3.63. The number of hydrogen-bond donors (Lipinski definition) is 1. The maximum Gasteiger partial charge on any atom is -0.00152 e. The fraction of sp³-hybridized carbons (Fsp3) is 1.00. The van der Waals surface area contributed by atoms with Crippen molar-refractivity contribution in [3.63, 3.8) is 0 Å². The molecular formula is C11H21N. The predicted octanol–water partition coefficient (Wildman–Crippen LogP) is 2.55. The molecule has 0 saturated heterocycles. The molecule has 0 amide bonds. The van der Waals surface area contributed by atoms with Crippen molar-refractivity contribution in [1.29, 1.82) is 0 Å². The maximum atomic E-state index is 5.94. The van der Waals surface area contributed by atoms with Crippen molar-refractivity contribution in [3.8, 4) is 0 Å². The minimum absolute atomic E-state index is 0.481. The van der Waals surface area contributed by atoms with Gasteiger partial charge >= 0.3 is 0 Å². The second-order valence-corrected chi connectivity index (χ2v) is 5.67. The zero-order chi connectivity index (χ0) is 9.04. The number of rotatable bonds is 1. The first-order valence-electron chi connectivity index (χ1n) is 5.18. The lowest BCUT2D eigenvalue weighted by Crippen LogP contribution is -2.39. The van der Waals surface area contributed by atoms with Gasteiger partial charge in [-0.1, -0.05) is 20.8 Å². The molecule has 2 fully saturated rings. The Morgan fingerprint density at radius 1 is 1.00 bits per heavy atom. The van der Waals surface area contributed by atoms with Crippen LogP contribution in [0.3, 0.4) is 0 Å². The normalized spacial score (nSPS) is 50.0. The largest absolute Gasteiger partial charge is 0.330 e. The summed E-state index contributed by atoms with van der Waals surface area (Å²) in [5.74, 6) is 0. The van der Waals surface area contributed by atoms with Crippen molar-refractivity contribution in [1.82, 2.24) is 0 Å². The summed E-state index contributed by atoms with van der Waals surface area (Å²) < 4.78 is 0. The average molecular weight is 167 g/mol. The highest BCUT2D eigenvalue weighted by Gasteiger charge is 2.63. The van der Waals surface area contributed by atoms with Crippen LogP contribution in [0, 0.1) is 16.2 Å². The summed E-state index contributed by atoms with van der Waals surface area (Å²) in [5, 5.41) is 0. The van der Waals surface area contributed by atoms with E-state index in [2.05, 4.69) is 20.8 Å². The first-order valence-corrected chi connectivity index (χ1v) is 5.18. The van der Waals surface area contributed by atoms with Crippen molar-refractivity contribution in [2.24, 2.45) is 22.0 Å². The predicted molar refractivity (Wildman–Crippen MR) is 51.8 cm³/mol. The van der Waals surface area contributed by atoms with E-state index in [9.17, 15) is 0 Å². The van der Waals surface area contributed by atoms with E-state index in [0.29, 0.717) is 16.2 Å². The van der Waals surface area contributed by atoms with E-state index in [1.165, 1.54) is 25.7 Å². The molecule has 2 bridgehead atoms. The Hall–Kier alpha value is -0.0400.